The van der Waals surface area contributed by atoms with Crippen LogP contribution >= 0.6 is 15.9 Å². The Labute approximate surface area is 117 Å². The summed E-state index contributed by atoms with van der Waals surface area (Å²) in [5.74, 6) is -0.0750. The van der Waals surface area contributed by atoms with Crippen LogP contribution in [0.15, 0.2) is 22.7 Å². The Kier molecular flexibility index (Phi) is 4.44. The van der Waals surface area contributed by atoms with Crippen LogP contribution in [0.1, 0.15) is 38.7 Å². The maximum absolute atomic E-state index is 13.8. The summed E-state index contributed by atoms with van der Waals surface area (Å²) in [5.41, 5.74) is 1.11. The summed E-state index contributed by atoms with van der Waals surface area (Å²) in [6.07, 6.45) is 4.53. The number of benzene rings is 1. The Morgan fingerprint density at radius 3 is 2.67 bits per heavy atom. The predicted octanol–water partition coefficient (Wildman–Crippen LogP) is 4.30. The van der Waals surface area contributed by atoms with Crippen LogP contribution in [0.4, 0.5) is 4.39 Å². The Morgan fingerprint density at radius 1 is 1.39 bits per heavy atom. The lowest BCUT2D eigenvalue weighted by Crippen LogP contribution is -2.43. The van der Waals surface area contributed by atoms with Crippen molar-refractivity contribution in [3.05, 3.63) is 34.1 Å². The summed E-state index contributed by atoms with van der Waals surface area (Å²) in [6, 6.07) is 5.74. The topological polar surface area (TPSA) is 12.0 Å². The molecule has 0 bridgehead atoms. The van der Waals surface area contributed by atoms with Crippen molar-refractivity contribution >= 4 is 15.9 Å². The average Bonchev–Trinajstić information content (AvgIpc) is 2.26. The molecule has 1 aliphatic rings. The van der Waals surface area contributed by atoms with E-state index < -0.39 is 0 Å². The molecule has 0 aromatic heterocycles. The van der Waals surface area contributed by atoms with E-state index >= 15 is 0 Å². The Hall–Kier alpha value is -0.410. The van der Waals surface area contributed by atoms with E-state index in [1.165, 1.54) is 19.3 Å². The third-order valence-electron chi connectivity index (χ3n) is 3.87. The fraction of sp³-hybridized carbons (Fsp3) is 0.600. The third-order valence-corrected chi connectivity index (χ3v) is 4.37. The minimum Gasteiger partial charge on any atom is -0.314 e. The highest BCUT2D eigenvalue weighted by molar-refractivity contribution is 9.10. The van der Waals surface area contributed by atoms with E-state index in [1.54, 1.807) is 12.1 Å². The highest BCUT2D eigenvalue weighted by Gasteiger charge is 2.37. The van der Waals surface area contributed by atoms with Gasteiger partial charge in [-0.05, 0) is 48.4 Å². The van der Waals surface area contributed by atoms with Crippen molar-refractivity contribution in [3.8, 4) is 0 Å². The van der Waals surface area contributed by atoms with Crippen LogP contribution in [0.2, 0.25) is 0 Å². The smallest absolute Gasteiger partial charge is 0.126 e. The van der Waals surface area contributed by atoms with Gasteiger partial charge in [-0.3, -0.25) is 0 Å². The summed E-state index contributed by atoms with van der Waals surface area (Å²) in [7, 11) is 0. The molecule has 1 aromatic carbocycles. The van der Waals surface area contributed by atoms with E-state index in [9.17, 15) is 4.39 Å². The SMILES string of the molecule is CC(C)NCC1(Cc2cc(Br)ccc2F)CCC1. The van der Waals surface area contributed by atoms with Crippen LogP contribution in [0.25, 0.3) is 0 Å². The van der Waals surface area contributed by atoms with E-state index in [0.717, 1.165) is 23.0 Å². The lowest BCUT2D eigenvalue weighted by Gasteiger charge is -2.43. The zero-order valence-corrected chi connectivity index (χ0v) is 12.7. The lowest BCUT2D eigenvalue weighted by atomic mass is 9.65. The van der Waals surface area contributed by atoms with Gasteiger partial charge in [-0.2, -0.15) is 0 Å². The van der Waals surface area contributed by atoms with Gasteiger partial charge in [0.05, 0.1) is 0 Å². The summed E-state index contributed by atoms with van der Waals surface area (Å²) >= 11 is 3.42. The van der Waals surface area contributed by atoms with Crippen LogP contribution in [0.3, 0.4) is 0 Å². The van der Waals surface area contributed by atoms with Crippen LogP contribution in [0, 0.1) is 11.2 Å². The molecule has 0 saturated heterocycles. The first-order valence-corrected chi connectivity index (χ1v) is 7.47. The van der Waals surface area contributed by atoms with Gasteiger partial charge in [-0.1, -0.05) is 36.2 Å². The molecule has 18 heavy (non-hydrogen) atoms. The van der Waals surface area contributed by atoms with Gasteiger partial charge in [-0.25, -0.2) is 4.39 Å². The first-order chi connectivity index (χ1) is 8.51. The molecule has 0 atom stereocenters. The quantitative estimate of drug-likeness (QED) is 0.854. The normalized spacial score (nSPS) is 17.8. The molecule has 1 N–H and O–H groups in total. The monoisotopic (exact) mass is 313 g/mol. The summed E-state index contributed by atoms with van der Waals surface area (Å²) in [4.78, 5) is 0. The van der Waals surface area contributed by atoms with Crippen LogP contribution < -0.4 is 5.32 Å². The van der Waals surface area contributed by atoms with Crippen molar-refractivity contribution in [2.24, 2.45) is 5.41 Å². The minimum absolute atomic E-state index is 0.0750. The van der Waals surface area contributed by atoms with Crippen molar-refractivity contribution in [1.29, 1.82) is 0 Å². The molecule has 0 heterocycles. The second-order valence-corrected chi connectivity index (χ2v) is 6.72. The van der Waals surface area contributed by atoms with E-state index in [2.05, 4.69) is 35.1 Å². The van der Waals surface area contributed by atoms with Gasteiger partial charge < -0.3 is 5.32 Å². The molecule has 3 heteroatoms. The molecule has 0 radical (unpaired) electrons. The molecule has 1 nitrogen and oxygen atoms in total. The molecule has 0 amide bonds. The molecule has 0 unspecified atom stereocenters. The zero-order chi connectivity index (χ0) is 13.2. The van der Waals surface area contributed by atoms with Crippen LogP contribution in [0.5, 0.6) is 0 Å². The van der Waals surface area contributed by atoms with E-state index in [0.29, 0.717) is 6.04 Å². The first-order valence-electron chi connectivity index (χ1n) is 6.68. The molecule has 1 fully saturated rings. The number of halogens is 2. The molecule has 100 valence electrons. The fourth-order valence-corrected chi connectivity index (χ4v) is 3.00. The van der Waals surface area contributed by atoms with Gasteiger partial charge in [0.1, 0.15) is 5.82 Å². The first kappa shape index (κ1) is 14.0. The van der Waals surface area contributed by atoms with Gasteiger partial charge in [0.25, 0.3) is 0 Å². The van der Waals surface area contributed by atoms with Gasteiger partial charge in [-0.15, -0.1) is 0 Å². The molecule has 1 saturated carbocycles. The molecule has 1 aliphatic carbocycles. The second kappa shape index (κ2) is 5.70. The fourth-order valence-electron chi connectivity index (χ4n) is 2.60. The standard InChI is InChI=1S/C15H21BrFN/c1-11(2)18-10-15(6-3-7-15)9-12-8-13(16)4-5-14(12)17/h4-5,8,11,18H,3,6-7,9-10H2,1-2H3. The minimum atomic E-state index is -0.0750. The van der Waals surface area contributed by atoms with Crippen molar-refractivity contribution in [3.63, 3.8) is 0 Å². The van der Waals surface area contributed by atoms with Crippen molar-refractivity contribution in [2.75, 3.05) is 6.54 Å². The third kappa shape index (κ3) is 3.33. The van der Waals surface area contributed by atoms with Gasteiger partial charge in [0, 0.05) is 17.1 Å². The van der Waals surface area contributed by atoms with Crippen molar-refractivity contribution < 1.29 is 4.39 Å². The number of rotatable bonds is 5. The van der Waals surface area contributed by atoms with Crippen molar-refractivity contribution in [2.45, 2.75) is 45.6 Å². The number of hydrogen-bond donors (Lipinski definition) is 1. The Bertz CT molecular complexity index is 413. The maximum atomic E-state index is 13.8. The Morgan fingerprint density at radius 2 is 2.11 bits per heavy atom. The highest BCUT2D eigenvalue weighted by atomic mass is 79.9. The van der Waals surface area contributed by atoms with Gasteiger partial charge >= 0.3 is 0 Å². The van der Waals surface area contributed by atoms with Crippen LogP contribution in [-0.2, 0) is 6.42 Å². The lowest BCUT2D eigenvalue weighted by molar-refractivity contribution is 0.125. The summed E-state index contributed by atoms with van der Waals surface area (Å²) in [5, 5.41) is 3.51. The summed E-state index contributed by atoms with van der Waals surface area (Å²) < 4.78 is 14.8. The molecular weight excluding hydrogens is 293 g/mol. The van der Waals surface area contributed by atoms with E-state index in [-0.39, 0.29) is 11.2 Å². The maximum Gasteiger partial charge on any atom is 0.126 e. The molecule has 1 aromatic rings. The van der Waals surface area contributed by atoms with Gasteiger partial charge in [0.2, 0.25) is 0 Å². The second-order valence-electron chi connectivity index (χ2n) is 5.80. The molecule has 2 rings (SSSR count). The molecular formula is C15H21BrFN. The predicted molar refractivity (Wildman–Crippen MR) is 77.2 cm³/mol. The van der Waals surface area contributed by atoms with E-state index in [1.807, 2.05) is 6.07 Å². The number of hydrogen-bond acceptors (Lipinski definition) is 1. The average molecular weight is 314 g/mol. The van der Waals surface area contributed by atoms with Crippen molar-refractivity contribution in [1.82, 2.24) is 5.32 Å². The number of nitrogens with one attached hydrogen (secondary N) is 1. The summed E-state index contributed by atoms with van der Waals surface area (Å²) in [6.45, 7) is 5.31. The highest BCUT2D eigenvalue weighted by Crippen LogP contribution is 2.43. The van der Waals surface area contributed by atoms with E-state index in [4.69, 9.17) is 0 Å². The van der Waals surface area contributed by atoms with Crippen LogP contribution in [-0.4, -0.2) is 12.6 Å². The Balaban J connectivity index is 2.07. The molecule has 0 aliphatic heterocycles. The van der Waals surface area contributed by atoms with Gasteiger partial charge in [0.15, 0.2) is 0 Å². The largest absolute Gasteiger partial charge is 0.314 e. The molecule has 0 spiro atoms. The zero-order valence-electron chi connectivity index (χ0n) is 11.1.